The topological polar surface area (TPSA) is 41.6 Å². The maximum absolute atomic E-state index is 12.3. The van der Waals surface area contributed by atoms with E-state index < -0.39 is 0 Å². The normalized spacial score (nSPS) is 32.8. The second-order valence-electron chi connectivity index (χ2n) is 5.02. The zero-order valence-electron chi connectivity index (χ0n) is 10.2. The predicted molar refractivity (Wildman–Crippen MR) is 62.2 cm³/mol. The average Bonchev–Trinajstić information content (AvgIpc) is 2.28. The standard InChI is InChI=1S/C12H22N2O2/c1-9-7-14(8-10(2)16-9)12(15)11-3-5-13-6-4-11/h9-11,13H,3-8H2,1-2H3/t9-,10-/m1/s1. The van der Waals surface area contributed by atoms with Crippen molar-refractivity contribution < 1.29 is 9.53 Å². The van der Waals surface area contributed by atoms with Crippen LogP contribution in [0.3, 0.4) is 0 Å². The van der Waals surface area contributed by atoms with Crippen LogP contribution >= 0.6 is 0 Å². The zero-order chi connectivity index (χ0) is 11.5. The minimum atomic E-state index is 0.175. The Morgan fingerprint density at radius 1 is 1.19 bits per heavy atom. The van der Waals surface area contributed by atoms with Gasteiger partial charge in [-0.1, -0.05) is 0 Å². The number of rotatable bonds is 1. The van der Waals surface area contributed by atoms with E-state index in [0.29, 0.717) is 5.91 Å². The van der Waals surface area contributed by atoms with Crippen LogP contribution in [0.15, 0.2) is 0 Å². The monoisotopic (exact) mass is 226 g/mol. The van der Waals surface area contributed by atoms with Crippen molar-refractivity contribution in [2.45, 2.75) is 38.9 Å². The van der Waals surface area contributed by atoms with E-state index in [9.17, 15) is 4.79 Å². The number of hydrogen-bond acceptors (Lipinski definition) is 3. The first-order valence-corrected chi connectivity index (χ1v) is 6.32. The number of amides is 1. The van der Waals surface area contributed by atoms with Crippen molar-refractivity contribution in [2.75, 3.05) is 26.2 Å². The average molecular weight is 226 g/mol. The number of carbonyl (C=O) groups is 1. The van der Waals surface area contributed by atoms with Crippen LogP contribution in [0.25, 0.3) is 0 Å². The number of nitrogens with one attached hydrogen (secondary N) is 1. The molecule has 0 saturated carbocycles. The molecule has 2 fully saturated rings. The van der Waals surface area contributed by atoms with Gasteiger partial charge in [-0.05, 0) is 39.8 Å². The van der Waals surface area contributed by atoms with Gasteiger partial charge in [0.2, 0.25) is 5.91 Å². The van der Waals surface area contributed by atoms with Crippen molar-refractivity contribution in [2.24, 2.45) is 5.92 Å². The Kier molecular flexibility index (Phi) is 3.82. The number of ether oxygens (including phenoxy) is 1. The summed E-state index contributed by atoms with van der Waals surface area (Å²) < 4.78 is 5.65. The second kappa shape index (κ2) is 5.15. The summed E-state index contributed by atoms with van der Waals surface area (Å²) in [5.74, 6) is 0.572. The molecule has 92 valence electrons. The molecule has 0 radical (unpaired) electrons. The first kappa shape index (κ1) is 11.9. The predicted octanol–water partition coefficient (Wildman–Crippen LogP) is 0.622. The third kappa shape index (κ3) is 2.74. The van der Waals surface area contributed by atoms with Crippen molar-refractivity contribution in [3.8, 4) is 0 Å². The summed E-state index contributed by atoms with van der Waals surface area (Å²) in [6.45, 7) is 7.55. The molecule has 0 aromatic carbocycles. The highest BCUT2D eigenvalue weighted by molar-refractivity contribution is 5.79. The van der Waals surface area contributed by atoms with E-state index >= 15 is 0 Å². The quantitative estimate of drug-likeness (QED) is 0.713. The van der Waals surface area contributed by atoms with E-state index in [0.717, 1.165) is 39.0 Å². The van der Waals surface area contributed by atoms with Crippen molar-refractivity contribution in [3.05, 3.63) is 0 Å². The van der Waals surface area contributed by atoms with Gasteiger partial charge in [-0.15, -0.1) is 0 Å². The van der Waals surface area contributed by atoms with E-state index in [-0.39, 0.29) is 18.1 Å². The van der Waals surface area contributed by atoms with Crippen LogP contribution in [0.1, 0.15) is 26.7 Å². The van der Waals surface area contributed by atoms with Crippen molar-refractivity contribution in [1.82, 2.24) is 10.2 Å². The van der Waals surface area contributed by atoms with Gasteiger partial charge in [0, 0.05) is 19.0 Å². The molecule has 0 aliphatic carbocycles. The molecule has 1 N–H and O–H groups in total. The molecule has 2 rings (SSSR count). The maximum Gasteiger partial charge on any atom is 0.225 e. The zero-order valence-corrected chi connectivity index (χ0v) is 10.2. The molecule has 2 saturated heterocycles. The van der Waals surface area contributed by atoms with Crippen LogP contribution in [-0.2, 0) is 9.53 Å². The lowest BCUT2D eigenvalue weighted by Crippen LogP contribution is -2.51. The molecule has 4 nitrogen and oxygen atoms in total. The second-order valence-corrected chi connectivity index (χ2v) is 5.02. The van der Waals surface area contributed by atoms with Gasteiger partial charge >= 0.3 is 0 Å². The first-order chi connectivity index (χ1) is 7.66. The summed E-state index contributed by atoms with van der Waals surface area (Å²) >= 11 is 0. The van der Waals surface area contributed by atoms with Crippen molar-refractivity contribution >= 4 is 5.91 Å². The molecular formula is C12H22N2O2. The van der Waals surface area contributed by atoms with Crippen molar-refractivity contribution in [1.29, 1.82) is 0 Å². The highest BCUT2D eigenvalue weighted by Crippen LogP contribution is 2.19. The van der Waals surface area contributed by atoms with E-state index in [1.807, 2.05) is 18.7 Å². The molecule has 2 aliphatic heterocycles. The lowest BCUT2D eigenvalue weighted by atomic mass is 9.96. The number of nitrogens with zero attached hydrogens (tertiary/aromatic N) is 1. The number of morpholine rings is 1. The molecule has 0 aromatic rings. The van der Waals surface area contributed by atoms with Crippen LogP contribution in [0.5, 0.6) is 0 Å². The molecule has 0 spiro atoms. The lowest BCUT2D eigenvalue weighted by Gasteiger charge is -2.37. The van der Waals surface area contributed by atoms with Crippen molar-refractivity contribution in [3.63, 3.8) is 0 Å². The van der Waals surface area contributed by atoms with E-state index in [2.05, 4.69) is 5.32 Å². The third-order valence-electron chi connectivity index (χ3n) is 3.42. The smallest absolute Gasteiger partial charge is 0.225 e. The van der Waals surface area contributed by atoms with Gasteiger partial charge in [0.25, 0.3) is 0 Å². The Balaban J connectivity index is 1.92. The van der Waals surface area contributed by atoms with Crippen LogP contribution in [0.4, 0.5) is 0 Å². The molecule has 2 aliphatic rings. The lowest BCUT2D eigenvalue weighted by molar-refractivity contribution is -0.148. The summed E-state index contributed by atoms with van der Waals surface area (Å²) in [6, 6.07) is 0. The molecule has 4 heteroatoms. The van der Waals surface area contributed by atoms with Gasteiger partial charge in [-0.3, -0.25) is 4.79 Å². The van der Waals surface area contributed by atoms with E-state index in [4.69, 9.17) is 4.74 Å². The molecule has 2 heterocycles. The van der Waals surface area contributed by atoms with Gasteiger partial charge in [-0.25, -0.2) is 0 Å². The summed E-state index contributed by atoms with van der Waals surface area (Å²) in [5.41, 5.74) is 0. The molecule has 16 heavy (non-hydrogen) atoms. The molecule has 0 aromatic heterocycles. The summed E-state index contributed by atoms with van der Waals surface area (Å²) in [4.78, 5) is 14.3. The fraction of sp³-hybridized carbons (Fsp3) is 0.917. The maximum atomic E-state index is 12.3. The van der Waals surface area contributed by atoms with Gasteiger partial charge in [-0.2, -0.15) is 0 Å². The minimum absolute atomic E-state index is 0.175. The van der Waals surface area contributed by atoms with Gasteiger partial charge in [0.15, 0.2) is 0 Å². The number of carbonyl (C=O) groups excluding carboxylic acids is 1. The largest absolute Gasteiger partial charge is 0.372 e. The Bertz CT molecular complexity index is 241. The fourth-order valence-electron chi connectivity index (χ4n) is 2.68. The summed E-state index contributed by atoms with van der Waals surface area (Å²) in [7, 11) is 0. The van der Waals surface area contributed by atoms with Crippen LogP contribution in [-0.4, -0.2) is 49.2 Å². The number of hydrogen-bond donors (Lipinski definition) is 1. The summed E-state index contributed by atoms with van der Waals surface area (Å²) in [6.07, 6.45) is 2.32. The van der Waals surface area contributed by atoms with Crippen LogP contribution < -0.4 is 5.32 Å². The Hall–Kier alpha value is -0.610. The molecule has 1 amide bonds. The van der Waals surface area contributed by atoms with Gasteiger partial charge in [0.1, 0.15) is 0 Å². The molecular weight excluding hydrogens is 204 g/mol. The van der Waals surface area contributed by atoms with E-state index in [1.165, 1.54) is 0 Å². The third-order valence-corrected chi connectivity index (χ3v) is 3.42. The Labute approximate surface area is 97.3 Å². The highest BCUT2D eigenvalue weighted by Gasteiger charge is 2.30. The van der Waals surface area contributed by atoms with Crippen LogP contribution in [0.2, 0.25) is 0 Å². The minimum Gasteiger partial charge on any atom is -0.372 e. The first-order valence-electron chi connectivity index (χ1n) is 6.32. The molecule has 0 bridgehead atoms. The molecule has 2 atom stereocenters. The van der Waals surface area contributed by atoms with Gasteiger partial charge in [0.05, 0.1) is 12.2 Å². The molecule has 0 unspecified atom stereocenters. The van der Waals surface area contributed by atoms with Gasteiger partial charge < -0.3 is 15.0 Å². The summed E-state index contributed by atoms with van der Waals surface area (Å²) in [5, 5.41) is 3.29. The Morgan fingerprint density at radius 2 is 1.75 bits per heavy atom. The highest BCUT2D eigenvalue weighted by atomic mass is 16.5. The fourth-order valence-corrected chi connectivity index (χ4v) is 2.68. The van der Waals surface area contributed by atoms with Crippen LogP contribution in [0, 0.1) is 5.92 Å². The SMILES string of the molecule is C[C@@H]1CN(C(=O)C2CCNCC2)C[C@@H](C)O1. The van der Waals surface area contributed by atoms with E-state index in [1.54, 1.807) is 0 Å². The Morgan fingerprint density at radius 3 is 2.31 bits per heavy atom. The number of piperidine rings is 1.